The molecule has 1 amide bonds. The summed E-state index contributed by atoms with van der Waals surface area (Å²) in [5.41, 5.74) is 2.17. The molecule has 0 saturated carbocycles. The second kappa shape index (κ2) is 2.98. The molecule has 0 aliphatic carbocycles. The van der Waals surface area contributed by atoms with E-state index in [9.17, 15) is 4.79 Å². The number of hydrogen-bond donors (Lipinski definition) is 1. The highest BCUT2D eigenvalue weighted by Crippen LogP contribution is 2.31. The minimum Gasteiger partial charge on any atom is -0.336 e. The van der Waals surface area contributed by atoms with Crippen LogP contribution in [0.4, 0.5) is 0 Å². The summed E-state index contributed by atoms with van der Waals surface area (Å²) in [7, 11) is 0. The zero-order valence-electron chi connectivity index (χ0n) is 8.05. The van der Waals surface area contributed by atoms with E-state index in [-0.39, 0.29) is 11.9 Å². The van der Waals surface area contributed by atoms with Gasteiger partial charge in [0.15, 0.2) is 0 Å². The smallest absolute Gasteiger partial charge is 0.251 e. The van der Waals surface area contributed by atoms with Crippen molar-refractivity contribution in [1.29, 1.82) is 0 Å². The third-order valence-corrected chi connectivity index (χ3v) is 2.74. The van der Waals surface area contributed by atoms with Gasteiger partial charge in [-0.3, -0.25) is 4.79 Å². The van der Waals surface area contributed by atoms with Gasteiger partial charge >= 0.3 is 0 Å². The molecule has 1 N–H and O–H groups in total. The molecule has 3 rings (SSSR count). The maximum atomic E-state index is 11.8. The number of hydrogen-bond acceptors (Lipinski definition) is 2. The summed E-state index contributed by atoms with van der Waals surface area (Å²) in [4.78, 5) is 13.7. The zero-order chi connectivity index (χ0) is 10.3. The Morgan fingerprint density at radius 3 is 3.00 bits per heavy atom. The van der Waals surface area contributed by atoms with Crippen LogP contribution in [0, 0.1) is 0 Å². The Balaban J connectivity index is 2.17. The highest BCUT2D eigenvalue weighted by molar-refractivity contribution is 5.87. The first-order chi connectivity index (χ1) is 7.36. The van der Waals surface area contributed by atoms with Crippen molar-refractivity contribution in [2.45, 2.75) is 6.04 Å². The van der Waals surface area contributed by atoms with Gasteiger partial charge in [0, 0.05) is 18.6 Å². The molecule has 2 aliphatic heterocycles. The van der Waals surface area contributed by atoms with E-state index in [1.165, 1.54) is 0 Å². The van der Waals surface area contributed by atoms with Gasteiger partial charge in [0.1, 0.15) is 6.04 Å². The van der Waals surface area contributed by atoms with Crippen LogP contribution in [0.1, 0.15) is 17.2 Å². The SMILES string of the molecule is O=C1NC=CN2C=Cc3ccccc3C12. The number of benzene rings is 1. The average molecular weight is 198 g/mol. The fourth-order valence-corrected chi connectivity index (χ4v) is 2.02. The third kappa shape index (κ3) is 1.16. The molecule has 2 heterocycles. The summed E-state index contributed by atoms with van der Waals surface area (Å²) in [6, 6.07) is 7.75. The molecular formula is C12H10N2O. The minimum atomic E-state index is -0.212. The molecule has 1 unspecified atom stereocenters. The topological polar surface area (TPSA) is 32.3 Å². The molecule has 0 aromatic heterocycles. The summed E-state index contributed by atoms with van der Waals surface area (Å²) >= 11 is 0. The number of amides is 1. The molecule has 0 bridgehead atoms. The third-order valence-electron chi connectivity index (χ3n) is 2.74. The van der Waals surface area contributed by atoms with E-state index in [2.05, 4.69) is 5.32 Å². The molecule has 0 spiro atoms. The summed E-state index contributed by atoms with van der Waals surface area (Å²) in [5.74, 6) is 0.0225. The number of carbonyl (C=O) groups excluding carboxylic acids is 1. The van der Waals surface area contributed by atoms with Gasteiger partial charge in [0.05, 0.1) is 0 Å². The van der Waals surface area contributed by atoms with E-state index in [4.69, 9.17) is 0 Å². The van der Waals surface area contributed by atoms with Gasteiger partial charge in [-0.05, 0) is 17.2 Å². The molecule has 74 valence electrons. The maximum Gasteiger partial charge on any atom is 0.251 e. The first-order valence-corrected chi connectivity index (χ1v) is 4.88. The quantitative estimate of drug-likeness (QED) is 0.687. The van der Waals surface area contributed by atoms with Crippen molar-refractivity contribution < 1.29 is 4.79 Å². The molecule has 0 fully saturated rings. The zero-order valence-corrected chi connectivity index (χ0v) is 8.05. The van der Waals surface area contributed by atoms with Crippen molar-refractivity contribution in [1.82, 2.24) is 10.2 Å². The summed E-state index contributed by atoms with van der Waals surface area (Å²) in [6.07, 6.45) is 7.49. The van der Waals surface area contributed by atoms with Crippen molar-refractivity contribution in [2.24, 2.45) is 0 Å². The molecule has 3 heteroatoms. The van der Waals surface area contributed by atoms with Crippen LogP contribution in [0.15, 0.2) is 42.9 Å². The van der Waals surface area contributed by atoms with Gasteiger partial charge in [-0.15, -0.1) is 0 Å². The van der Waals surface area contributed by atoms with Crippen molar-refractivity contribution in [2.75, 3.05) is 0 Å². The lowest BCUT2D eigenvalue weighted by Crippen LogP contribution is -2.39. The number of nitrogens with one attached hydrogen (secondary N) is 1. The Morgan fingerprint density at radius 1 is 1.20 bits per heavy atom. The van der Waals surface area contributed by atoms with E-state index in [0.29, 0.717) is 0 Å². The first-order valence-electron chi connectivity index (χ1n) is 4.88. The predicted molar refractivity (Wildman–Crippen MR) is 57.3 cm³/mol. The predicted octanol–water partition coefficient (Wildman–Crippen LogP) is 1.61. The van der Waals surface area contributed by atoms with E-state index in [1.807, 2.05) is 47.6 Å². The van der Waals surface area contributed by atoms with Gasteiger partial charge in [0.2, 0.25) is 0 Å². The Morgan fingerprint density at radius 2 is 2.07 bits per heavy atom. The van der Waals surface area contributed by atoms with E-state index in [0.717, 1.165) is 11.1 Å². The fraction of sp³-hybridized carbons (Fsp3) is 0.0833. The summed E-state index contributed by atoms with van der Waals surface area (Å²) < 4.78 is 0. The number of nitrogens with zero attached hydrogens (tertiary/aromatic N) is 1. The van der Waals surface area contributed by atoms with Crippen LogP contribution in [-0.2, 0) is 4.79 Å². The Bertz CT molecular complexity index is 476. The van der Waals surface area contributed by atoms with Crippen LogP contribution in [0.2, 0.25) is 0 Å². The Hall–Kier alpha value is -2.03. The summed E-state index contributed by atoms with van der Waals surface area (Å²) in [5, 5.41) is 2.73. The lowest BCUT2D eigenvalue weighted by molar-refractivity contribution is -0.124. The molecular weight excluding hydrogens is 188 g/mol. The van der Waals surface area contributed by atoms with Gasteiger partial charge in [0.25, 0.3) is 5.91 Å². The Labute approximate surface area is 87.7 Å². The van der Waals surface area contributed by atoms with Crippen molar-refractivity contribution >= 4 is 12.0 Å². The molecule has 15 heavy (non-hydrogen) atoms. The van der Waals surface area contributed by atoms with E-state index < -0.39 is 0 Å². The molecule has 0 radical (unpaired) electrons. The van der Waals surface area contributed by atoms with Crippen molar-refractivity contribution in [3.8, 4) is 0 Å². The monoisotopic (exact) mass is 198 g/mol. The second-order valence-corrected chi connectivity index (χ2v) is 3.62. The molecule has 3 nitrogen and oxygen atoms in total. The van der Waals surface area contributed by atoms with Gasteiger partial charge in [-0.2, -0.15) is 0 Å². The van der Waals surface area contributed by atoms with Crippen molar-refractivity contribution in [3.05, 3.63) is 54.0 Å². The molecule has 2 aliphatic rings. The van der Waals surface area contributed by atoms with E-state index in [1.54, 1.807) is 6.20 Å². The lowest BCUT2D eigenvalue weighted by atomic mass is 9.95. The van der Waals surface area contributed by atoms with Crippen molar-refractivity contribution in [3.63, 3.8) is 0 Å². The number of rotatable bonds is 0. The largest absolute Gasteiger partial charge is 0.336 e. The molecule has 1 aromatic rings. The lowest BCUT2D eigenvalue weighted by Gasteiger charge is -2.33. The van der Waals surface area contributed by atoms with Crippen LogP contribution in [0.25, 0.3) is 6.08 Å². The standard InChI is InChI=1S/C12H10N2O/c15-12-11-10-4-2-1-3-9(10)5-7-14(11)8-6-13-12/h1-8,11H,(H,13,15). The Kier molecular flexibility index (Phi) is 1.65. The van der Waals surface area contributed by atoms with Crippen LogP contribution in [0.5, 0.6) is 0 Å². The molecule has 1 aromatic carbocycles. The highest BCUT2D eigenvalue weighted by atomic mass is 16.2. The van der Waals surface area contributed by atoms with E-state index >= 15 is 0 Å². The van der Waals surface area contributed by atoms with Crippen LogP contribution in [0.3, 0.4) is 0 Å². The normalized spacial score (nSPS) is 22.0. The van der Waals surface area contributed by atoms with Crippen LogP contribution >= 0.6 is 0 Å². The molecule has 1 atom stereocenters. The number of fused-ring (bicyclic) bond motifs is 3. The minimum absolute atomic E-state index is 0.0225. The average Bonchev–Trinajstić information content (AvgIpc) is 2.29. The van der Waals surface area contributed by atoms with Gasteiger partial charge < -0.3 is 10.2 Å². The fourth-order valence-electron chi connectivity index (χ4n) is 2.02. The molecule has 0 saturated heterocycles. The number of carbonyl (C=O) groups is 1. The van der Waals surface area contributed by atoms with Gasteiger partial charge in [-0.25, -0.2) is 0 Å². The maximum absolute atomic E-state index is 11.8. The van der Waals surface area contributed by atoms with Crippen LogP contribution in [-0.4, -0.2) is 10.8 Å². The summed E-state index contributed by atoms with van der Waals surface area (Å²) in [6.45, 7) is 0. The van der Waals surface area contributed by atoms with Crippen LogP contribution < -0.4 is 5.32 Å². The first kappa shape index (κ1) is 8.29. The second-order valence-electron chi connectivity index (χ2n) is 3.62. The highest BCUT2D eigenvalue weighted by Gasteiger charge is 2.30. The van der Waals surface area contributed by atoms with Gasteiger partial charge in [-0.1, -0.05) is 24.3 Å².